The minimum atomic E-state index is -0.772. The van der Waals surface area contributed by atoms with E-state index in [1.165, 1.54) is 6.08 Å². The number of ether oxygens (including phenoxy) is 1. The van der Waals surface area contributed by atoms with Crippen molar-refractivity contribution in [3.05, 3.63) is 95.1 Å². The largest absolute Gasteiger partial charge is 0.487 e. The summed E-state index contributed by atoms with van der Waals surface area (Å²) in [5.74, 6) is -0.702. The highest BCUT2D eigenvalue weighted by molar-refractivity contribution is 14.1. The van der Waals surface area contributed by atoms with E-state index in [0.717, 1.165) is 23.2 Å². The number of amides is 4. The number of benzene rings is 3. The van der Waals surface area contributed by atoms with Gasteiger partial charge in [-0.25, -0.2) is 9.69 Å². The number of barbiturate groups is 1. The van der Waals surface area contributed by atoms with Crippen molar-refractivity contribution in [1.82, 2.24) is 5.32 Å². The molecule has 1 aliphatic rings. The first-order valence-corrected chi connectivity index (χ1v) is 12.6. The molecule has 0 aliphatic carbocycles. The smallest absolute Gasteiger partial charge is 0.335 e. The Balaban J connectivity index is 1.60. The van der Waals surface area contributed by atoms with Crippen LogP contribution in [0.15, 0.2) is 66.2 Å². The number of carbonyl (C=O) groups excluding carboxylic acids is 3. The molecule has 0 aromatic heterocycles. The summed E-state index contributed by atoms with van der Waals surface area (Å²) in [6.07, 6.45) is 1.48. The van der Waals surface area contributed by atoms with E-state index < -0.39 is 17.8 Å². The van der Waals surface area contributed by atoms with Crippen LogP contribution in [0, 0.1) is 14.1 Å². The topological polar surface area (TPSA) is 75.7 Å². The van der Waals surface area contributed by atoms with Crippen molar-refractivity contribution in [3.63, 3.8) is 0 Å². The van der Waals surface area contributed by atoms with Crippen LogP contribution in [0.5, 0.6) is 5.75 Å². The van der Waals surface area contributed by atoms with E-state index in [4.69, 9.17) is 16.3 Å². The number of imide groups is 2. The number of anilines is 1. The number of nitrogens with zero attached hydrogens (tertiary/aromatic N) is 1. The number of urea groups is 1. The van der Waals surface area contributed by atoms with E-state index in [1.54, 1.807) is 24.3 Å². The molecule has 172 valence electrons. The van der Waals surface area contributed by atoms with Crippen LogP contribution in [0.3, 0.4) is 0 Å². The maximum atomic E-state index is 13.1. The summed E-state index contributed by atoms with van der Waals surface area (Å²) in [5.41, 5.74) is 2.88. The summed E-state index contributed by atoms with van der Waals surface area (Å²) >= 11 is 10.2. The standard InChI is InChI=1S/C25H17ClI2N2O4/c1-14-2-8-18(9-3-14)30-24(32)19(23(31)29-25(30)33)10-16-11-20(27)22(21(28)12-16)34-13-15-4-6-17(26)7-5-15/h2-12H,13H2,1H3,(H,29,31,33)/b19-10+. The zero-order valence-corrected chi connectivity index (χ0v) is 22.8. The molecule has 0 bridgehead atoms. The highest BCUT2D eigenvalue weighted by Crippen LogP contribution is 2.31. The molecule has 0 radical (unpaired) electrons. The van der Waals surface area contributed by atoms with Gasteiger partial charge in [0.25, 0.3) is 11.8 Å². The van der Waals surface area contributed by atoms with Gasteiger partial charge < -0.3 is 4.74 Å². The van der Waals surface area contributed by atoms with Crippen LogP contribution in [-0.2, 0) is 16.2 Å². The van der Waals surface area contributed by atoms with E-state index >= 15 is 0 Å². The maximum Gasteiger partial charge on any atom is 0.335 e. The summed E-state index contributed by atoms with van der Waals surface area (Å²) in [6, 6.07) is 17.2. The first-order valence-electron chi connectivity index (χ1n) is 10.1. The monoisotopic (exact) mass is 698 g/mol. The zero-order valence-electron chi connectivity index (χ0n) is 17.8. The van der Waals surface area contributed by atoms with Gasteiger partial charge in [-0.3, -0.25) is 14.9 Å². The molecular formula is C25H17ClI2N2O4. The lowest BCUT2D eigenvalue weighted by Gasteiger charge is -2.26. The van der Waals surface area contributed by atoms with E-state index in [2.05, 4.69) is 50.5 Å². The Kier molecular flexibility index (Phi) is 7.58. The number of rotatable bonds is 5. The van der Waals surface area contributed by atoms with E-state index in [9.17, 15) is 14.4 Å². The van der Waals surface area contributed by atoms with Crippen LogP contribution >= 0.6 is 56.8 Å². The van der Waals surface area contributed by atoms with Gasteiger partial charge in [0.2, 0.25) is 0 Å². The van der Waals surface area contributed by atoms with Crippen LogP contribution in [0.4, 0.5) is 10.5 Å². The van der Waals surface area contributed by atoms with Gasteiger partial charge in [0.15, 0.2) is 0 Å². The Morgan fingerprint density at radius 1 is 0.971 bits per heavy atom. The van der Waals surface area contributed by atoms with Gasteiger partial charge in [0.05, 0.1) is 12.8 Å². The van der Waals surface area contributed by atoms with Crippen molar-refractivity contribution in [2.45, 2.75) is 13.5 Å². The van der Waals surface area contributed by atoms with Crippen LogP contribution < -0.4 is 15.0 Å². The molecule has 4 rings (SSSR count). The second-order valence-electron chi connectivity index (χ2n) is 7.52. The van der Waals surface area contributed by atoms with Crippen molar-refractivity contribution >= 4 is 86.4 Å². The van der Waals surface area contributed by atoms with Gasteiger partial charge in [-0.05, 0) is 106 Å². The Hall–Kier alpha value is -2.44. The van der Waals surface area contributed by atoms with Gasteiger partial charge in [0.1, 0.15) is 17.9 Å². The molecule has 1 heterocycles. The van der Waals surface area contributed by atoms with Crippen LogP contribution in [-0.4, -0.2) is 17.8 Å². The van der Waals surface area contributed by atoms with Crippen LogP contribution in [0.1, 0.15) is 16.7 Å². The fourth-order valence-corrected chi connectivity index (χ4v) is 5.54. The molecule has 6 nitrogen and oxygen atoms in total. The molecule has 0 unspecified atom stereocenters. The van der Waals surface area contributed by atoms with Crippen molar-refractivity contribution in [2.24, 2.45) is 0 Å². The normalized spacial score (nSPS) is 15.0. The molecule has 4 amide bonds. The Morgan fingerprint density at radius 2 is 1.59 bits per heavy atom. The highest BCUT2D eigenvalue weighted by Gasteiger charge is 2.36. The third kappa shape index (κ3) is 5.44. The predicted octanol–water partition coefficient (Wildman–Crippen LogP) is 6.10. The lowest BCUT2D eigenvalue weighted by molar-refractivity contribution is -0.122. The summed E-state index contributed by atoms with van der Waals surface area (Å²) < 4.78 is 7.64. The molecular weight excluding hydrogens is 682 g/mol. The molecule has 1 fully saturated rings. The zero-order chi connectivity index (χ0) is 24.4. The van der Waals surface area contributed by atoms with Gasteiger partial charge >= 0.3 is 6.03 Å². The van der Waals surface area contributed by atoms with Crippen molar-refractivity contribution < 1.29 is 19.1 Å². The average molecular weight is 699 g/mol. The first kappa shape index (κ1) is 24.7. The van der Waals surface area contributed by atoms with Gasteiger partial charge in [0, 0.05) is 5.02 Å². The lowest BCUT2D eigenvalue weighted by Crippen LogP contribution is -2.54. The number of hydrogen-bond acceptors (Lipinski definition) is 4. The van der Waals surface area contributed by atoms with Crippen LogP contribution in [0.25, 0.3) is 6.08 Å². The minimum Gasteiger partial charge on any atom is -0.487 e. The maximum absolute atomic E-state index is 13.1. The van der Waals surface area contributed by atoms with Crippen LogP contribution in [0.2, 0.25) is 5.02 Å². The molecule has 9 heteroatoms. The number of halogens is 3. The molecule has 3 aromatic rings. The quantitative estimate of drug-likeness (QED) is 0.199. The number of nitrogens with one attached hydrogen (secondary N) is 1. The molecule has 0 saturated carbocycles. The molecule has 34 heavy (non-hydrogen) atoms. The third-order valence-corrected chi connectivity index (χ3v) is 6.88. The fraction of sp³-hybridized carbons (Fsp3) is 0.0800. The van der Waals surface area contributed by atoms with Gasteiger partial charge in [-0.1, -0.05) is 41.4 Å². The number of hydrogen-bond donors (Lipinski definition) is 1. The van der Waals surface area contributed by atoms with Crippen molar-refractivity contribution in [3.8, 4) is 5.75 Å². The highest BCUT2D eigenvalue weighted by atomic mass is 127. The van der Waals surface area contributed by atoms with Crippen molar-refractivity contribution in [1.29, 1.82) is 0 Å². The third-order valence-electron chi connectivity index (χ3n) is 5.02. The Bertz CT molecular complexity index is 1300. The molecule has 0 spiro atoms. The molecule has 3 aromatic carbocycles. The minimum absolute atomic E-state index is 0.124. The fourth-order valence-electron chi connectivity index (χ4n) is 3.29. The average Bonchev–Trinajstić information content (AvgIpc) is 2.78. The number of aryl methyl sites for hydroxylation is 1. The van der Waals surface area contributed by atoms with Gasteiger partial charge in [-0.15, -0.1) is 0 Å². The predicted molar refractivity (Wildman–Crippen MR) is 148 cm³/mol. The molecule has 1 aliphatic heterocycles. The van der Waals surface area contributed by atoms with E-state index in [1.807, 2.05) is 43.3 Å². The van der Waals surface area contributed by atoms with Crippen molar-refractivity contribution in [2.75, 3.05) is 4.90 Å². The number of carbonyl (C=O) groups is 3. The second kappa shape index (κ2) is 10.4. The summed E-state index contributed by atoms with van der Waals surface area (Å²) in [4.78, 5) is 38.9. The lowest BCUT2D eigenvalue weighted by atomic mass is 10.1. The summed E-state index contributed by atoms with van der Waals surface area (Å²) in [7, 11) is 0. The molecule has 1 N–H and O–H groups in total. The summed E-state index contributed by atoms with van der Waals surface area (Å²) in [5, 5.41) is 2.91. The van der Waals surface area contributed by atoms with E-state index in [0.29, 0.717) is 28.6 Å². The Labute approximate surface area is 228 Å². The molecule has 1 saturated heterocycles. The summed E-state index contributed by atoms with van der Waals surface area (Å²) in [6.45, 7) is 2.28. The molecule has 0 atom stereocenters. The SMILES string of the molecule is Cc1ccc(N2C(=O)NC(=O)/C(=C\c3cc(I)c(OCc4ccc(Cl)cc4)c(I)c3)C2=O)cc1. The Morgan fingerprint density at radius 3 is 2.21 bits per heavy atom. The van der Waals surface area contributed by atoms with E-state index in [-0.39, 0.29) is 5.57 Å². The first-order chi connectivity index (χ1) is 16.2. The second-order valence-corrected chi connectivity index (χ2v) is 10.3. The van der Waals surface area contributed by atoms with Gasteiger partial charge in [-0.2, -0.15) is 0 Å².